The number of fused-ring (bicyclic) bond motifs is 2. The monoisotopic (exact) mass is 411 g/mol. The molecule has 4 atom stereocenters. The van der Waals surface area contributed by atoms with E-state index in [0.29, 0.717) is 17.5 Å². The number of benzene rings is 2. The van der Waals surface area contributed by atoms with Gasteiger partial charge in [-0.2, -0.15) is 0 Å². The van der Waals surface area contributed by atoms with E-state index in [1.165, 1.54) is 12.1 Å². The lowest BCUT2D eigenvalue weighted by Crippen LogP contribution is -2.50. The summed E-state index contributed by atoms with van der Waals surface area (Å²) in [6, 6.07) is 5.67. The highest BCUT2D eigenvalue weighted by molar-refractivity contribution is 6.30. The van der Waals surface area contributed by atoms with E-state index in [-0.39, 0.29) is 45.6 Å². The number of nitrogens with zero attached hydrogens (tertiary/aromatic N) is 1. The molecule has 3 N–H and O–H groups in total. The maximum absolute atomic E-state index is 13.2. The summed E-state index contributed by atoms with van der Waals surface area (Å²) in [6.07, 6.45) is -1.28. The van der Waals surface area contributed by atoms with Crippen LogP contribution in [0.25, 0.3) is 0 Å². The third-order valence-corrected chi connectivity index (χ3v) is 6.19. The number of aryl methyl sites for hydroxylation is 1. The molecule has 0 saturated carbocycles. The molecule has 0 aromatic heterocycles. The summed E-state index contributed by atoms with van der Waals surface area (Å²) < 4.78 is 5.93. The summed E-state index contributed by atoms with van der Waals surface area (Å²) in [4.78, 5) is 28.1. The summed E-state index contributed by atoms with van der Waals surface area (Å²) >= 11 is 0. The Morgan fingerprint density at radius 1 is 1.03 bits per heavy atom. The van der Waals surface area contributed by atoms with Gasteiger partial charge in [-0.15, -0.1) is 0 Å². The van der Waals surface area contributed by atoms with Crippen LogP contribution in [-0.4, -0.2) is 64.1 Å². The largest absolute Gasteiger partial charge is 0.508 e. The van der Waals surface area contributed by atoms with Gasteiger partial charge >= 0.3 is 0 Å². The lowest BCUT2D eigenvalue weighted by Gasteiger charge is -2.41. The molecule has 0 unspecified atom stereocenters. The molecule has 1 heterocycles. The van der Waals surface area contributed by atoms with Gasteiger partial charge in [-0.25, -0.2) is 0 Å². The van der Waals surface area contributed by atoms with Crippen molar-refractivity contribution < 1.29 is 29.6 Å². The van der Waals surface area contributed by atoms with E-state index in [4.69, 9.17) is 4.74 Å². The molecule has 1 saturated heterocycles. The number of aromatic hydroxyl groups is 2. The third kappa shape index (κ3) is 3.01. The highest BCUT2D eigenvalue weighted by Gasteiger charge is 2.40. The van der Waals surface area contributed by atoms with Crippen LogP contribution >= 0.6 is 0 Å². The molecule has 2 aromatic rings. The highest BCUT2D eigenvalue weighted by Crippen LogP contribution is 2.43. The Morgan fingerprint density at radius 2 is 1.70 bits per heavy atom. The first-order valence-corrected chi connectivity index (χ1v) is 9.90. The van der Waals surface area contributed by atoms with Gasteiger partial charge in [0.25, 0.3) is 0 Å². The van der Waals surface area contributed by atoms with Crippen molar-refractivity contribution in [3.8, 4) is 11.5 Å². The molecule has 1 fully saturated rings. The van der Waals surface area contributed by atoms with Crippen molar-refractivity contribution in [1.29, 1.82) is 0 Å². The van der Waals surface area contributed by atoms with Crippen LogP contribution < -0.4 is 0 Å². The molecular weight excluding hydrogens is 386 g/mol. The second-order valence-electron chi connectivity index (χ2n) is 8.36. The van der Waals surface area contributed by atoms with Gasteiger partial charge in [-0.05, 0) is 58.1 Å². The minimum Gasteiger partial charge on any atom is -0.508 e. The minimum atomic E-state index is -0.683. The number of ketones is 2. The summed E-state index contributed by atoms with van der Waals surface area (Å²) in [7, 11) is 3.73. The van der Waals surface area contributed by atoms with Gasteiger partial charge in [0.1, 0.15) is 11.5 Å². The van der Waals surface area contributed by atoms with Crippen molar-refractivity contribution in [2.45, 2.75) is 44.6 Å². The Kier molecular flexibility index (Phi) is 4.92. The molecule has 30 heavy (non-hydrogen) atoms. The molecule has 0 amide bonds. The fraction of sp³-hybridized carbons (Fsp3) is 0.391. The Hall–Kier alpha value is -2.74. The summed E-state index contributed by atoms with van der Waals surface area (Å²) in [6.45, 7) is 3.42. The number of phenols is 2. The predicted molar refractivity (Wildman–Crippen MR) is 109 cm³/mol. The SMILES string of the molecule is Cc1cc(O)cc2c1C(=O)c1ccc([C@H]3C[C@@H](N(C)C)[C@H](O)[C@@H](C)O3)c(O)c1C2=O. The van der Waals surface area contributed by atoms with Gasteiger partial charge in [-0.3, -0.25) is 9.59 Å². The molecule has 1 aliphatic carbocycles. The van der Waals surface area contributed by atoms with E-state index in [2.05, 4.69) is 0 Å². The van der Waals surface area contributed by atoms with Crippen LogP contribution in [0, 0.1) is 6.92 Å². The number of ether oxygens (including phenoxy) is 1. The number of rotatable bonds is 2. The predicted octanol–water partition coefficient (Wildman–Crippen LogP) is 2.32. The molecule has 0 spiro atoms. The lowest BCUT2D eigenvalue weighted by atomic mass is 9.79. The molecule has 1 aliphatic heterocycles. The molecule has 0 bridgehead atoms. The zero-order valence-electron chi connectivity index (χ0n) is 17.3. The number of hydrogen-bond acceptors (Lipinski definition) is 7. The van der Waals surface area contributed by atoms with Crippen LogP contribution in [0.5, 0.6) is 11.5 Å². The summed E-state index contributed by atoms with van der Waals surface area (Å²) in [5, 5.41) is 31.4. The molecule has 2 aliphatic rings. The van der Waals surface area contributed by atoms with Gasteiger partial charge < -0.3 is 25.0 Å². The first-order chi connectivity index (χ1) is 14.1. The first-order valence-electron chi connectivity index (χ1n) is 9.90. The summed E-state index contributed by atoms with van der Waals surface area (Å²) in [5.41, 5.74) is 1.30. The Bertz CT molecular complexity index is 1060. The van der Waals surface area contributed by atoms with Crippen molar-refractivity contribution in [3.05, 3.63) is 57.6 Å². The maximum Gasteiger partial charge on any atom is 0.198 e. The average Bonchev–Trinajstić information content (AvgIpc) is 2.67. The number of phenolic OH excluding ortho intramolecular Hbond substituents is 2. The minimum absolute atomic E-state index is 0.0706. The third-order valence-electron chi connectivity index (χ3n) is 6.19. The number of aliphatic hydroxyl groups excluding tert-OH is 1. The average molecular weight is 411 g/mol. The van der Waals surface area contributed by atoms with Crippen LogP contribution in [0.2, 0.25) is 0 Å². The lowest BCUT2D eigenvalue weighted by molar-refractivity contribution is -0.142. The molecule has 7 heteroatoms. The second-order valence-corrected chi connectivity index (χ2v) is 8.36. The summed E-state index contributed by atoms with van der Waals surface area (Å²) in [5.74, 6) is -1.27. The zero-order valence-corrected chi connectivity index (χ0v) is 17.3. The fourth-order valence-corrected chi connectivity index (χ4v) is 4.59. The van der Waals surface area contributed by atoms with Crippen molar-refractivity contribution in [3.63, 3.8) is 0 Å². The first kappa shape index (κ1) is 20.5. The van der Waals surface area contributed by atoms with E-state index in [9.17, 15) is 24.9 Å². The number of carbonyl (C=O) groups is 2. The van der Waals surface area contributed by atoms with Crippen molar-refractivity contribution in [2.75, 3.05) is 14.1 Å². The molecular formula is C23H25NO6. The van der Waals surface area contributed by atoms with Crippen molar-refractivity contribution in [2.24, 2.45) is 0 Å². The number of carbonyl (C=O) groups excluding carboxylic acids is 2. The smallest absolute Gasteiger partial charge is 0.198 e. The van der Waals surface area contributed by atoms with Crippen molar-refractivity contribution >= 4 is 11.6 Å². The Balaban J connectivity index is 1.81. The molecule has 7 nitrogen and oxygen atoms in total. The van der Waals surface area contributed by atoms with Crippen LogP contribution in [0.3, 0.4) is 0 Å². The van der Waals surface area contributed by atoms with E-state index in [1.807, 2.05) is 19.0 Å². The fourth-order valence-electron chi connectivity index (χ4n) is 4.59. The standard InChI is InChI=1S/C23H25NO6/c1-10-7-12(25)8-15-18(10)22(28)14-6-5-13(21(27)19(14)23(15)29)17-9-16(24(3)4)20(26)11(2)30-17/h5-8,11,16-17,20,25-27H,9H2,1-4H3/t11-,16-,17-,20-/m1/s1. The number of aliphatic hydroxyl groups is 1. The highest BCUT2D eigenvalue weighted by atomic mass is 16.5. The number of likely N-dealkylation sites (N-methyl/N-ethyl adjacent to an activating group) is 1. The van der Waals surface area contributed by atoms with E-state index < -0.39 is 24.1 Å². The maximum atomic E-state index is 13.2. The van der Waals surface area contributed by atoms with Gasteiger partial charge in [-0.1, -0.05) is 6.07 Å². The van der Waals surface area contributed by atoms with E-state index >= 15 is 0 Å². The molecule has 158 valence electrons. The van der Waals surface area contributed by atoms with Crippen LogP contribution in [-0.2, 0) is 4.74 Å². The molecule has 2 aromatic carbocycles. The molecule has 4 rings (SSSR count). The second kappa shape index (κ2) is 7.19. The van der Waals surface area contributed by atoms with E-state index in [1.54, 1.807) is 26.0 Å². The number of hydrogen-bond donors (Lipinski definition) is 3. The quantitative estimate of drug-likeness (QED) is 0.594. The van der Waals surface area contributed by atoms with Crippen molar-refractivity contribution in [1.82, 2.24) is 4.90 Å². The van der Waals surface area contributed by atoms with Crippen LogP contribution in [0.1, 0.15) is 62.4 Å². The normalized spacial score (nSPS) is 25.9. The van der Waals surface area contributed by atoms with E-state index in [0.717, 1.165) is 0 Å². The zero-order chi connectivity index (χ0) is 21.9. The van der Waals surface area contributed by atoms with Gasteiger partial charge in [0.2, 0.25) is 0 Å². The Labute approximate surface area is 174 Å². The molecule has 0 radical (unpaired) electrons. The van der Waals surface area contributed by atoms with Gasteiger partial charge in [0.05, 0.1) is 23.9 Å². The van der Waals surface area contributed by atoms with Crippen LogP contribution in [0.4, 0.5) is 0 Å². The van der Waals surface area contributed by atoms with Gasteiger partial charge in [0, 0.05) is 28.3 Å². The topological polar surface area (TPSA) is 107 Å². The Morgan fingerprint density at radius 3 is 2.37 bits per heavy atom. The van der Waals surface area contributed by atoms with Gasteiger partial charge in [0.15, 0.2) is 11.6 Å². The van der Waals surface area contributed by atoms with Crippen LogP contribution in [0.15, 0.2) is 24.3 Å².